The molecule has 1 unspecified atom stereocenters. The number of nitrogens with zero attached hydrogens (tertiary/aromatic N) is 3. The van der Waals surface area contributed by atoms with E-state index in [2.05, 4.69) is 31.0 Å². The predicted molar refractivity (Wildman–Crippen MR) is 166 cm³/mol. The minimum Gasteiger partial charge on any atom is -0.503 e. The average molecular weight is 616 g/mol. The van der Waals surface area contributed by atoms with E-state index >= 15 is 0 Å². The number of halogens is 1. The molecule has 0 radical (unpaired) electrons. The number of ketones is 1. The normalized spacial score (nSPS) is 15.7. The first-order chi connectivity index (χ1) is 20.1. The maximum absolute atomic E-state index is 13.9. The number of carbonyl (C=O) groups is 2. The van der Waals surface area contributed by atoms with Gasteiger partial charge in [-0.1, -0.05) is 110 Å². The third-order valence-electron chi connectivity index (χ3n) is 7.07. The molecule has 10 heteroatoms. The van der Waals surface area contributed by atoms with E-state index in [1.807, 2.05) is 66.7 Å². The molecule has 5 aromatic rings. The SMILES string of the molecule is CC(C)(C)c1ccc(C2C(C(=O)c3cc4ccccc4o3)=C(O)C(=O)N2c2nnc(SCc3ccc(Cl)cc3)s2)cc1. The van der Waals surface area contributed by atoms with Crippen LogP contribution in [0.1, 0.15) is 54.1 Å². The molecule has 42 heavy (non-hydrogen) atoms. The maximum Gasteiger partial charge on any atom is 0.296 e. The minimum absolute atomic E-state index is 0.0418. The molecule has 2 aromatic heterocycles. The third-order valence-corrected chi connectivity index (χ3v) is 9.45. The zero-order chi connectivity index (χ0) is 29.6. The molecule has 6 rings (SSSR count). The van der Waals surface area contributed by atoms with Gasteiger partial charge in [-0.3, -0.25) is 14.5 Å². The molecule has 1 amide bonds. The first-order valence-corrected chi connectivity index (χ1v) is 15.4. The summed E-state index contributed by atoms with van der Waals surface area (Å²) in [7, 11) is 0. The number of fused-ring (bicyclic) bond motifs is 1. The van der Waals surface area contributed by atoms with E-state index < -0.39 is 23.5 Å². The highest BCUT2D eigenvalue weighted by molar-refractivity contribution is 8.00. The predicted octanol–water partition coefficient (Wildman–Crippen LogP) is 8.31. The second-order valence-electron chi connectivity index (χ2n) is 11.0. The van der Waals surface area contributed by atoms with Gasteiger partial charge in [-0.25, -0.2) is 0 Å². The number of carbonyl (C=O) groups excluding carboxylic acids is 2. The second kappa shape index (κ2) is 11.1. The smallest absolute Gasteiger partial charge is 0.296 e. The van der Waals surface area contributed by atoms with Gasteiger partial charge in [0.2, 0.25) is 10.9 Å². The number of rotatable bonds is 7. The van der Waals surface area contributed by atoms with Crippen molar-refractivity contribution in [2.45, 2.75) is 42.3 Å². The highest BCUT2D eigenvalue weighted by atomic mass is 35.5. The van der Waals surface area contributed by atoms with E-state index in [1.54, 1.807) is 12.1 Å². The molecule has 3 heterocycles. The highest BCUT2D eigenvalue weighted by Gasteiger charge is 2.47. The van der Waals surface area contributed by atoms with Crippen molar-refractivity contribution in [2.75, 3.05) is 4.90 Å². The molecule has 1 aliphatic rings. The lowest BCUT2D eigenvalue weighted by atomic mass is 9.85. The van der Waals surface area contributed by atoms with Gasteiger partial charge >= 0.3 is 0 Å². The Morgan fingerprint density at radius 3 is 2.45 bits per heavy atom. The largest absolute Gasteiger partial charge is 0.503 e. The van der Waals surface area contributed by atoms with Gasteiger partial charge in [0.25, 0.3) is 5.91 Å². The molecule has 1 atom stereocenters. The quantitative estimate of drug-likeness (QED) is 0.112. The number of amides is 1. The third kappa shape index (κ3) is 5.35. The van der Waals surface area contributed by atoms with E-state index in [-0.39, 0.29) is 21.9 Å². The monoisotopic (exact) mass is 615 g/mol. The van der Waals surface area contributed by atoms with Crippen LogP contribution in [0.5, 0.6) is 0 Å². The van der Waals surface area contributed by atoms with Crippen molar-refractivity contribution in [1.82, 2.24) is 10.2 Å². The summed E-state index contributed by atoms with van der Waals surface area (Å²) in [4.78, 5) is 28.9. The highest BCUT2D eigenvalue weighted by Crippen LogP contribution is 2.44. The summed E-state index contributed by atoms with van der Waals surface area (Å²) in [6.07, 6.45) is 0. The number of hydrogen-bond acceptors (Lipinski definition) is 8. The molecule has 0 aliphatic carbocycles. The number of benzene rings is 3. The van der Waals surface area contributed by atoms with Crippen LogP contribution >= 0.6 is 34.7 Å². The van der Waals surface area contributed by atoms with Gasteiger partial charge in [0.05, 0.1) is 11.6 Å². The van der Waals surface area contributed by atoms with E-state index in [1.165, 1.54) is 28.0 Å². The molecule has 7 nitrogen and oxygen atoms in total. The Kier molecular flexibility index (Phi) is 7.43. The van der Waals surface area contributed by atoms with E-state index in [4.69, 9.17) is 16.0 Å². The van der Waals surface area contributed by atoms with Gasteiger partial charge in [-0.15, -0.1) is 10.2 Å². The van der Waals surface area contributed by atoms with Gasteiger partial charge in [0.15, 0.2) is 15.9 Å². The lowest BCUT2D eigenvalue weighted by Crippen LogP contribution is -2.31. The van der Waals surface area contributed by atoms with Crippen molar-refractivity contribution >= 4 is 62.5 Å². The minimum atomic E-state index is -0.922. The number of aliphatic hydroxyl groups excluding tert-OH is 1. The standard InChI is InChI=1S/C32H26ClN3O4S2/c1-32(2,3)21-12-10-19(11-13-21)26-25(27(37)24-16-20-6-4-5-7-23(20)40-24)28(38)29(39)36(26)30-34-35-31(42-30)41-17-18-8-14-22(33)15-9-18/h4-16,26,38H,17H2,1-3H3. The molecule has 3 aromatic carbocycles. The fourth-order valence-electron chi connectivity index (χ4n) is 4.83. The molecular weight excluding hydrogens is 590 g/mol. The number of thioether (sulfide) groups is 1. The molecule has 0 bridgehead atoms. The lowest BCUT2D eigenvalue weighted by Gasteiger charge is -2.25. The molecule has 1 N–H and O–H groups in total. The van der Waals surface area contributed by atoms with Gasteiger partial charge < -0.3 is 9.52 Å². The Morgan fingerprint density at radius 1 is 1.05 bits per heavy atom. The van der Waals surface area contributed by atoms with Crippen LogP contribution in [0.4, 0.5) is 5.13 Å². The Hall–Kier alpha value is -3.92. The molecule has 0 fully saturated rings. The number of hydrogen-bond donors (Lipinski definition) is 1. The Bertz CT molecular complexity index is 1800. The van der Waals surface area contributed by atoms with Crippen LogP contribution in [0, 0.1) is 0 Å². The van der Waals surface area contributed by atoms with Crippen molar-refractivity contribution in [3.05, 3.63) is 118 Å². The number of Topliss-reactive ketones (excluding diaryl/α,β-unsaturated/α-hetero) is 1. The van der Waals surface area contributed by atoms with Gasteiger partial charge in [0.1, 0.15) is 5.58 Å². The average Bonchev–Trinajstić information content (AvgIpc) is 3.68. The number of furan rings is 1. The van der Waals surface area contributed by atoms with Crippen LogP contribution in [0.25, 0.3) is 11.0 Å². The Balaban J connectivity index is 1.37. The Labute approximate surface area is 255 Å². The molecule has 0 saturated carbocycles. The van der Waals surface area contributed by atoms with Crippen molar-refractivity contribution in [1.29, 1.82) is 0 Å². The number of anilines is 1. The lowest BCUT2D eigenvalue weighted by molar-refractivity contribution is -0.117. The Morgan fingerprint density at radius 2 is 1.76 bits per heavy atom. The fourth-order valence-corrected chi connectivity index (χ4v) is 6.78. The van der Waals surface area contributed by atoms with Gasteiger partial charge in [-0.05, 0) is 46.4 Å². The van der Waals surface area contributed by atoms with Crippen LogP contribution in [0.15, 0.2) is 99.0 Å². The van der Waals surface area contributed by atoms with Gasteiger partial charge in [-0.2, -0.15) is 0 Å². The van der Waals surface area contributed by atoms with E-state index in [0.29, 0.717) is 26.3 Å². The van der Waals surface area contributed by atoms with E-state index in [0.717, 1.165) is 16.5 Å². The molecule has 212 valence electrons. The number of aromatic nitrogens is 2. The molecule has 0 spiro atoms. The summed E-state index contributed by atoms with van der Waals surface area (Å²) >= 11 is 8.70. The van der Waals surface area contributed by atoms with Gasteiger partial charge in [0, 0.05) is 16.2 Å². The molecule has 1 aliphatic heterocycles. The maximum atomic E-state index is 13.9. The summed E-state index contributed by atoms with van der Waals surface area (Å²) in [5, 5.41) is 21.4. The topological polar surface area (TPSA) is 96.5 Å². The van der Waals surface area contributed by atoms with E-state index in [9.17, 15) is 14.7 Å². The van der Waals surface area contributed by atoms with Crippen LogP contribution in [0.3, 0.4) is 0 Å². The van der Waals surface area contributed by atoms with Crippen molar-refractivity contribution < 1.29 is 19.1 Å². The first kappa shape index (κ1) is 28.2. The summed E-state index contributed by atoms with van der Waals surface area (Å²) in [5.74, 6) is -1.23. The van der Waals surface area contributed by atoms with Crippen molar-refractivity contribution in [3.8, 4) is 0 Å². The fraction of sp³-hybridized carbons (Fsp3) is 0.188. The zero-order valence-corrected chi connectivity index (χ0v) is 25.4. The second-order valence-corrected chi connectivity index (χ2v) is 13.6. The number of para-hydroxylation sites is 1. The summed E-state index contributed by atoms with van der Waals surface area (Å²) in [6.45, 7) is 6.33. The first-order valence-electron chi connectivity index (χ1n) is 13.2. The summed E-state index contributed by atoms with van der Waals surface area (Å²) < 4.78 is 6.48. The zero-order valence-electron chi connectivity index (χ0n) is 23.0. The van der Waals surface area contributed by atoms with Crippen LogP contribution in [0.2, 0.25) is 5.02 Å². The van der Waals surface area contributed by atoms with Crippen molar-refractivity contribution in [2.24, 2.45) is 0 Å². The van der Waals surface area contributed by atoms with Crippen LogP contribution in [-0.2, 0) is 16.0 Å². The summed E-state index contributed by atoms with van der Waals surface area (Å²) in [6, 6.07) is 23.2. The van der Waals surface area contributed by atoms with Crippen LogP contribution < -0.4 is 4.90 Å². The van der Waals surface area contributed by atoms with Crippen molar-refractivity contribution in [3.63, 3.8) is 0 Å². The summed E-state index contributed by atoms with van der Waals surface area (Å²) in [5.41, 5.74) is 3.20. The molecular formula is C32H26ClN3O4S2. The van der Waals surface area contributed by atoms with Crippen LogP contribution in [-0.4, -0.2) is 27.0 Å². The molecule has 0 saturated heterocycles. The number of aliphatic hydroxyl groups is 1.